The second-order valence-corrected chi connectivity index (χ2v) is 6.62. The SMILES string of the molecule is CC(C(=O)Nc1ccccc1)S(=O)(=O)c1ncccc1N. The maximum absolute atomic E-state index is 12.4. The summed E-state index contributed by atoms with van der Waals surface area (Å²) in [7, 11) is -3.94. The van der Waals surface area contributed by atoms with Crippen LogP contribution in [0.15, 0.2) is 53.7 Å². The molecule has 2 aromatic rings. The highest BCUT2D eigenvalue weighted by atomic mass is 32.2. The average molecular weight is 305 g/mol. The summed E-state index contributed by atoms with van der Waals surface area (Å²) in [6.07, 6.45) is 1.32. The summed E-state index contributed by atoms with van der Waals surface area (Å²) in [5.74, 6) is -0.633. The van der Waals surface area contributed by atoms with Crippen LogP contribution in [0.5, 0.6) is 0 Å². The van der Waals surface area contributed by atoms with Crippen molar-refractivity contribution in [1.29, 1.82) is 0 Å². The van der Waals surface area contributed by atoms with E-state index in [1.54, 1.807) is 30.3 Å². The molecule has 0 aliphatic carbocycles. The van der Waals surface area contributed by atoms with Crippen molar-refractivity contribution in [2.24, 2.45) is 0 Å². The number of carbonyl (C=O) groups is 1. The van der Waals surface area contributed by atoms with Gasteiger partial charge in [-0.15, -0.1) is 0 Å². The van der Waals surface area contributed by atoms with Crippen LogP contribution in [0, 0.1) is 0 Å². The van der Waals surface area contributed by atoms with Crippen LogP contribution >= 0.6 is 0 Å². The molecule has 0 aliphatic heterocycles. The lowest BCUT2D eigenvalue weighted by Gasteiger charge is -2.13. The van der Waals surface area contributed by atoms with Gasteiger partial charge in [0.1, 0.15) is 5.25 Å². The van der Waals surface area contributed by atoms with E-state index < -0.39 is 21.0 Å². The highest BCUT2D eigenvalue weighted by Crippen LogP contribution is 2.20. The van der Waals surface area contributed by atoms with Gasteiger partial charge in [0.2, 0.25) is 15.7 Å². The molecule has 1 heterocycles. The average Bonchev–Trinajstić information content (AvgIpc) is 2.47. The Morgan fingerprint density at radius 3 is 2.48 bits per heavy atom. The molecule has 110 valence electrons. The third kappa shape index (κ3) is 3.19. The van der Waals surface area contributed by atoms with Gasteiger partial charge in [-0.05, 0) is 31.2 Å². The number of hydrogen-bond donors (Lipinski definition) is 2. The Hall–Kier alpha value is -2.41. The monoisotopic (exact) mass is 305 g/mol. The predicted octanol–water partition coefficient (Wildman–Crippen LogP) is 1.46. The Balaban J connectivity index is 2.25. The van der Waals surface area contributed by atoms with Crippen molar-refractivity contribution in [3.05, 3.63) is 48.7 Å². The molecule has 1 unspecified atom stereocenters. The van der Waals surface area contributed by atoms with Crippen LogP contribution in [0.3, 0.4) is 0 Å². The quantitative estimate of drug-likeness (QED) is 0.890. The van der Waals surface area contributed by atoms with Crippen LogP contribution in [-0.4, -0.2) is 24.6 Å². The van der Waals surface area contributed by atoms with E-state index in [-0.39, 0.29) is 10.7 Å². The Morgan fingerprint density at radius 1 is 1.19 bits per heavy atom. The van der Waals surface area contributed by atoms with E-state index in [0.717, 1.165) is 0 Å². The number of anilines is 2. The first-order valence-electron chi connectivity index (χ1n) is 6.23. The molecule has 0 saturated heterocycles. The molecule has 0 aliphatic rings. The normalized spacial score (nSPS) is 12.6. The zero-order valence-electron chi connectivity index (χ0n) is 11.4. The number of para-hydroxylation sites is 1. The summed E-state index contributed by atoms with van der Waals surface area (Å²) in [6, 6.07) is 11.6. The van der Waals surface area contributed by atoms with Gasteiger partial charge in [0.25, 0.3) is 0 Å². The number of carbonyl (C=O) groups excluding carboxylic acids is 1. The summed E-state index contributed by atoms with van der Waals surface area (Å²) in [5, 5.41) is 0.977. The number of pyridine rings is 1. The summed E-state index contributed by atoms with van der Waals surface area (Å²) in [6.45, 7) is 1.31. The maximum atomic E-state index is 12.4. The summed E-state index contributed by atoms with van der Waals surface area (Å²) < 4.78 is 24.8. The molecule has 1 aromatic heterocycles. The molecule has 1 amide bonds. The van der Waals surface area contributed by atoms with Crippen molar-refractivity contribution < 1.29 is 13.2 Å². The van der Waals surface area contributed by atoms with Gasteiger partial charge in [0.05, 0.1) is 5.69 Å². The predicted molar refractivity (Wildman–Crippen MR) is 80.4 cm³/mol. The number of hydrogen-bond acceptors (Lipinski definition) is 5. The molecule has 3 N–H and O–H groups in total. The molecule has 0 bridgehead atoms. The molecular weight excluding hydrogens is 290 g/mol. The number of aromatic nitrogens is 1. The topological polar surface area (TPSA) is 102 Å². The number of benzene rings is 1. The Morgan fingerprint density at radius 2 is 1.86 bits per heavy atom. The molecule has 1 atom stereocenters. The minimum absolute atomic E-state index is 0.0249. The fourth-order valence-electron chi connectivity index (χ4n) is 1.71. The van der Waals surface area contributed by atoms with Gasteiger partial charge in [-0.1, -0.05) is 18.2 Å². The van der Waals surface area contributed by atoms with E-state index in [1.165, 1.54) is 25.3 Å². The van der Waals surface area contributed by atoms with Gasteiger partial charge < -0.3 is 11.1 Å². The number of amides is 1. The van der Waals surface area contributed by atoms with E-state index in [0.29, 0.717) is 5.69 Å². The Bertz CT molecular complexity index is 745. The fraction of sp³-hybridized carbons (Fsp3) is 0.143. The first kappa shape index (κ1) is 15.0. The lowest BCUT2D eigenvalue weighted by Crippen LogP contribution is -2.33. The second-order valence-electron chi connectivity index (χ2n) is 4.44. The van der Waals surface area contributed by atoms with Gasteiger partial charge in [0, 0.05) is 11.9 Å². The molecule has 6 nitrogen and oxygen atoms in total. The number of nitrogens with two attached hydrogens (primary N) is 1. The lowest BCUT2D eigenvalue weighted by molar-refractivity contribution is -0.115. The largest absolute Gasteiger partial charge is 0.396 e. The van der Waals surface area contributed by atoms with E-state index in [2.05, 4.69) is 10.3 Å². The highest BCUT2D eigenvalue weighted by Gasteiger charge is 2.32. The van der Waals surface area contributed by atoms with Crippen LogP contribution in [-0.2, 0) is 14.6 Å². The molecule has 2 rings (SSSR count). The van der Waals surface area contributed by atoms with Crippen LogP contribution in [0.2, 0.25) is 0 Å². The zero-order valence-corrected chi connectivity index (χ0v) is 12.2. The van der Waals surface area contributed by atoms with Crippen molar-refractivity contribution in [1.82, 2.24) is 4.98 Å². The van der Waals surface area contributed by atoms with Gasteiger partial charge in [0.15, 0.2) is 5.03 Å². The number of nitrogen functional groups attached to an aromatic ring is 1. The molecule has 21 heavy (non-hydrogen) atoms. The van der Waals surface area contributed by atoms with E-state index in [1.807, 2.05) is 0 Å². The standard InChI is InChI=1S/C14H15N3O3S/c1-10(13(18)17-11-6-3-2-4-7-11)21(19,20)14-12(15)8-5-9-16-14/h2-10H,15H2,1H3,(H,17,18). The smallest absolute Gasteiger partial charge is 0.242 e. The van der Waals surface area contributed by atoms with Gasteiger partial charge >= 0.3 is 0 Å². The molecule has 0 radical (unpaired) electrons. The molecule has 0 spiro atoms. The Kier molecular flexibility index (Phi) is 4.23. The van der Waals surface area contributed by atoms with Crippen molar-refractivity contribution in [3.8, 4) is 0 Å². The number of nitrogens with zero attached hydrogens (tertiary/aromatic N) is 1. The third-order valence-electron chi connectivity index (χ3n) is 2.95. The molecule has 7 heteroatoms. The number of sulfone groups is 1. The van der Waals surface area contributed by atoms with Crippen molar-refractivity contribution >= 4 is 27.1 Å². The van der Waals surface area contributed by atoms with E-state index in [4.69, 9.17) is 5.73 Å². The van der Waals surface area contributed by atoms with Crippen LogP contribution in [0.4, 0.5) is 11.4 Å². The van der Waals surface area contributed by atoms with Crippen molar-refractivity contribution in [2.75, 3.05) is 11.1 Å². The number of nitrogens with one attached hydrogen (secondary N) is 1. The minimum Gasteiger partial charge on any atom is -0.396 e. The zero-order chi connectivity index (χ0) is 15.5. The van der Waals surface area contributed by atoms with Crippen LogP contribution in [0.1, 0.15) is 6.92 Å². The molecule has 1 aromatic carbocycles. The van der Waals surface area contributed by atoms with Gasteiger partial charge in [-0.2, -0.15) is 0 Å². The lowest BCUT2D eigenvalue weighted by atomic mass is 10.3. The van der Waals surface area contributed by atoms with Crippen LogP contribution in [0.25, 0.3) is 0 Å². The first-order valence-corrected chi connectivity index (χ1v) is 7.78. The minimum atomic E-state index is -3.94. The Labute approximate surface area is 122 Å². The van der Waals surface area contributed by atoms with Gasteiger partial charge in [-0.3, -0.25) is 4.79 Å². The van der Waals surface area contributed by atoms with E-state index in [9.17, 15) is 13.2 Å². The second kappa shape index (κ2) is 5.92. The third-order valence-corrected chi connectivity index (χ3v) is 4.97. The summed E-state index contributed by atoms with van der Waals surface area (Å²) in [4.78, 5) is 15.9. The molecular formula is C14H15N3O3S. The highest BCUT2D eigenvalue weighted by molar-refractivity contribution is 7.92. The first-order chi connectivity index (χ1) is 9.93. The maximum Gasteiger partial charge on any atom is 0.242 e. The summed E-state index contributed by atoms with van der Waals surface area (Å²) in [5.41, 5.74) is 6.18. The fourth-order valence-corrected chi connectivity index (χ4v) is 2.99. The molecule has 0 saturated carbocycles. The van der Waals surface area contributed by atoms with Crippen LogP contribution < -0.4 is 11.1 Å². The molecule has 0 fully saturated rings. The number of rotatable bonds is 4. The van der Waals surface area contributed by atoms with E-state index >= 15 is 0 Å². The summed E-state index contributed by atoms with van der Waals surface area (Å²) >= 11 is 0. The van der Waals surface area contributed by atoms with Crippen molar-refractivity contribution in [3.63, 3.8) is 0 Å². The van der Waals surface area contributed by atoms with Gasteiger partial charge in [-0.25, -0.2) is 13.4 Å². The van der Waals surface area contributed by atoms with Crippen molar-refractivity contribution in [2.45, 2.75) is 17.2 Å².